The van der Waals surface area contributed by atoms with E-state index in [-0.39, 0.29) is 11.7 Å². The number of amidine groups is 1. The second kappa shape index (κ2) is 6.72. The van der Waals surface area contributed by atoms with Crippen LogP contribution in [0.1, 0.15) is 24.3 Å². The van der Waals surface area contributed by atoms with Gasteiger partial charge in [0, 0.05) is 25.8 Å². The van der Waals surface area contributed by atoms with Crippen molar-refractivity contribution in [2.75, 3.05) is 25.4 Å². The molecule has 136 valence electrons. The van der Waals surface area contributed by atoms with Crippen LogP contribution in [0.15, 0.2) is 58.7 Å². The number of nitrogens with zero attached hydrogens (tertiary/aromatic N) is 3. The fraction of sp³-hybridized carbons (Fsp3) is 0.368. The van der Waals surface area contributed by atoms with E-state index in [9.17, 15) is 13.2 Å². The van der Waals surface area contributed by atoms with Crippen molar-refractivity contribution in [3.63, 3.8) is 0 Å². The molecule has 4 rings (SSSR count). The smallest absolute Gasteiger partial charge is 0.256 e. The van der Waals surface area contributed by atoms with Gasteiger partial charge < -0.3 is 9.80 Å². The number of fused-ring (bicyclic) bond motifs is 1. The van der Waals surface area contributed by atoms with Crippen molar-refractivity contribution in [1.29, 1.82) is 0 Å². The van der Waals surface area contributed by atoms with Gasteiger partial charge in [0.1, 0.15) is 5.84 Å². The van der Waals surface area contributed by atoms with E-state index in [1.54, 1.807) is 23.3 Å². The standard InChI is InChI=1S/C19H21N3O3S/c23-19(17-6-7-18-20-26(24,25)13-12-22(18)14-17)21-10-8-16(9-11-21)15-4-2-1-3-5-15/h1-7,14,16H,8-13H2. The molecule has 3 aliphatic rings. The number of piperidine rings is 1. The molecular weight excluding hydrogens is 350 g/mol. The molecule has 1 aromatic rings. The summed E-state index contributed by atoms with van der Waals surface area (Å²) in [6.45, 7) is 1.80. The summed E-state index contributed by atoms with van der Waals surface area (Å²) in [6.07, 6.45) is 6.92. The summed E-state index contributed by atoms with van der Waals surface area (Å²) in [5, 5.41) is 0. The van der Waals surface area contributed by atoms with Crippen LogP contribution < -0.4 is 0 Å². The molecule has 0 radical (unpaired) electrons. The van der Waals surface area contributed by atoms with Gasteiger partial charge in [-0.15, -0.1) is 4.40 Å². The lowest BCUT2D eigenvalue weighted by atomic mass is 9.89. The number of likely N-dealkylation sites (tertiary alicyclic amines) is 1. The van der Waals surface area contributed by atoms with E-state index >= 15 is 0 Å². The van der Waals surface area contributed by atoms with Crippen LogP contribution in [0.4, 0.5) is 0 Å². The molecule has 3 heterocycles. The van der Waals surface area contributed by atoms with Crippen LogP contribution in [0, 0.1) is 0 Å². The summed E-state index contributed by atoms with van der Waals surface area (Å²) >= 11 is 0. The minimum Gasteiger partial charge on any atom is -0.339 e. The topological polar surface area (TPSA) is 70.0 Å². The highest BCUT2D eigenvalue weighted by atomic mass is 32.2. The first-order chi connectivity index (χ1) is 12.5. The highest BCUT2D eigenvalue weighted by Gasteiger charge is 2.28. The number of amides is 1. The predicted molar refractivity (Wildman–Crippen MR) is 100 cm³/mol. The number of hydrogen-bond donors (Lipinski definition) is 0. The zero-order valence-corrected chi connectivity index (χ0v) is 15.2. The highest BCUT2D eigenvalue weighted by molar-refractivity contribution is 7.90. The maximum Gasteiger partial charge on any atom is 0.256 e. The van der Waals surface area contributed by atoms with Crippen molar-refractivity contribution in [2.45, 2.75) is 18.8 Å². The zero-order chi connectivity index (χ0) is 18.1. The Morgan fingerprint density at radius 1 is 1.04 bits per heavy atom. The van der Waals surface area contributed by atoms with Crippen LogP contribution in [0.5, 0.6) is 0 Å². The van der Waals surface area contributed by atoms with Gasteiger partial charge in [-0.25, -0.2) is 8.42 Å². The monoisotopic (exact) mass is 371 g/mol. The molecular formula is C19H21N3O3S. The summed E-state index contributed by atoms with van der Waals surface area (Å²) in [5.41, 5.74) is 1.92. The van der Waals surface area contributed by atoms with E-state index in [1.807, 2.05) is 11.0 Å². The summed E-state index contributed by atoms with van der Waals surface area (Å²) in [7, 11) is -3.37. The Hall–Kier alpha value is -2.41. The third-order valence-corrected chi connectivity index (χ3v) is 6.29. The molecule has 3 aliphatic heterocycles. The van der Waals surface area contributed by atoms with E-state index in [0.29, 0.717) is 23.9 Å². The van der Waals surface area contributed by atoms with Gasteiger partial charge in [0.15, 0.2) is 0 Å². The Morgan fingerprint density at radius 2 is 1.77 bits per heavy atom. The largest absolute Gasteiger partial charge is 0.339 e. The summed E-state index contributed by atoms with van der Waals surface area (Å²) in [5.74, 6) is 0.864. The zero-order valence-electron chi connectivity index (χ0n) is 14.4. The van der Waals surface area contributed by atoms with Gasteiger partial charge in [-0.2, -0.15) is 0 Å². The van der Waals surface area contributed by atoms with Gasteiger partial charge in [0.25, 0.3) is 15.9 Å². The van der Waals surface area contributed by atoms with E-state index in [0.717, 1.165) is 25.9 Å². The second-order valence-electron chi connectivity index (χ2n) is 6.82. The quantitative estimate of drug-likeness (QED) is 0.796. The second-order valence-corrected chi connectivity index (χ2v) is 8.58. The SMILES string of the molecule is O=C(C1=CN2CCS(=O)(=O)N=C2C=C1)N1CCC(c2ccccc2)CC1. The van der Waals surface area contributed by atoms with Crippen LogP contribution in [0.2, 0.25) is 0 Å². The van der Waals surface area contributed by atoms with Crippen molar-refractivity contribution in [3.8, 4) is 0 Å². The fourth-order valence-corrected chi connectivity index (χ4v) is 4.62. The average molecular weight is 371 g/mol. The van der Waals surface area contributed by atoms with Crippen molar-refractivity contribution >= 4 is 21.8 Å². The van der Waals surface area contributed by atoms with Crippen LogP contribution in [0.3, 0.4) is 0 Å². The van der Waals surface area contributed by atoms with Crippen LogP contribution in [-0.2, 0) is 14.8 Å². The average Bonchev–Trinajstić information content (AvgIpc) is 2.67. The minimum absolute atomic E-state index is 0.000224. The van der Waals surface area contributed by atoms with Gasteiger partial charge in [-0.05, 0) is 36.5 Å². The number of sulfonamides is 1. The van der Waals surface area contributed by atoms with Crippen molar-refractivity contribution in [2.24, 2.45) is 4.40 Å². The normalized spacial score (nSPS) is 22.5. The third-order valence-electron chi connectivity index (χ3n) is 5.12. The van der Waals surface area contributed by atoms with Crippen LogP contribution in [0.25, 0.3) is 0 Å². The first-order valence-corrected chi connectivity index (χ1v) is 10.5. The molecule has 1 saturated heterocycles. The lowest BCUT2D eigenvalue weighted by Crippen LogP contribution is -2.41. The molecule has 26 heavy (non-hydrogen) atoms. The van der Waals surface area contributed by atoms with Gasteiger partial charge >= 0.3 is 0 Å². The van der Waals surface area contributed by atoms with Gasteiger partial charge in [0.2, 0.25) is 0 Å². The van der Waals surface area contributed by atoms with E-state index in [4.69, 9.17) is 0 Å². The third kappa shape index (κ3) is 3.44. The molecule has 0 saturated carbocycles. The maximum absolute atomic E-state index is 12.8. The minimum atomic E-state index is -3.37. The number of carbonyl (C=O) groups excluding carboxylic acids is 1. The number of hydrogen-bond acceptors (Lipinski definition) is 4. The molecule has 0 unspecified atom stereocenters. The Labute approximate surface area is 153 Å². The van der Waals surface area contributed by atoms with E-state index < -0.39 is 10.0 Å². The molecule has 1 aromatic carbocycles. The Morgan fingerprint density at radius 3 is 2.50 bits per heavy atom. The van der Waals surface area contributed by atoms with Gasteiger partial charge in [-0.3, -0.25) is 4.79 Å². The van der Waals surface area contributed by atoms with Crippen molar-refractivity contribution < 1.29 is 13.2 Å². The van der Waals surface area contributed by atoms with Gasteiger partial charge in [0.05, 0.1) is 11.3 Å². The molecule has 0 spiro atoms. The van der Waals surface area contributed by atoms with Crippen LogP contribution >= 0.6 is 0 Å². The molecule has 1 amide bonds. The summed E-state index contributed by atoms with van der Waals surface area (Å²) in [4.78, 5) is 16.4. The predicted octanol–water partition coefficient (Wildman–Crippen LogP) is 1.89. The van der Waals surface area contributed by atoms with E-state index in [1.165, 1.54) is 5.56 Å². The lowest BCUT2D eigenvalue weighted by Gasteiger charge is -2.34. The summed E-state index contributed by atoms with van der Waals surface area (Å²) < 4.78 is 26.9. The number of carbonyl (C=O) groups is 1. The number of rotatable bonds is 2. The van der Waals surface area contributed by atoms with Crippen molar-refractivity contribution in [3.05, 3.63) is 59.8 Å². The van der Waals surface area contributed by atoms with E-state index in [2.05, 4.69) is 28.7 Å². The number of benzene rings is 1. The fourth-order valence-electron chi connectivity index (χ4n) is 3.65. The van der Waals surface area contributed by atoms with Crippen molar-refractivity contribution in [1.82, 2.24) is 9.80 Å². The molecule has 0 aromatic heterocycles. The molecule has 1 fully saturated rings. The Kier molecular flexibility index (Phi) is 4.40. The molecule has 6 nitrogen and oxygen atoms in total. The van der Waals surface area contributed by atoms with Gasteiger partial charge in [-0.1, -0.05) is 30.3 Å². The van der Waals surface area contributed by atoms with Crippen LogP contribution in [-0.4, -0.2) is 55.3 Å². The lowest BCUT2D eigenvalue weighted by molar-refractivity contribution is -0.127. The molecule has 0 aliphatic carbocycles. The maximum atomic E-state index is 12.8. The highest BCUT2D eigenvalue weighted by Crippen LogP contribution is 2.29. The first-order valence-electron chi connectivity index (χ1n) is 8.85. The molecule has 0 N–H and O–H groups in total. The molecule has 0 bridgehead atoms. The summed E-state index contributed by atoms with van der Waals surface area (Å²) in [6, 6.07) is 10.4. The molecule has 0 atom stereocenters. The Balaban J connectivity index is 1.42. The Bertz CT molecular complexity index is 895. The molecule has 7 heteroatoms. The first kappa shape index (κ1) is 17.0.